The number of nitrogens with zero attached hydrogens (tertiary/aromatic N) is 1. The van der Waals surface area contributed by atoms with Crippen molar-refractivity contribution in [3.63, 3.8) is 0 Å². The standard InChI is InChI=1S/C22H23F4NO3.ClH/c1-2-12-29-15-5-7-16(8-6-15)30-22-20(25)18(23)17(19(24)21(22)26)4-3-9-27-10-13-28-14-11-27;/h3-8H,2,9-14H2,1H3;1H. The van der Waals surface area contributed by atoms with Crippen molar-refractivity contribution < 1.29 is 31.8 Å². The summed E-state index contributed by atoms with van der Waals surface area (Å²) in [5.74, 6) is -6.76. The summed E-state index contributed by atoms with van der Waals surface area (Å²) < 4.78 is 73.4. The van der Waals surface area contributed by atoms with Crippen molar-refractivity contribution in [3.05, 3.63) is 59.2 Å². The molecule has 9 heteroatoms. The van der Waals surface area contributed by atoms with Crippen molar-refractivity contribution in [3.8, 4) is 17.2 Å². The highest BCUT2D eigenvalue weighted by molar-refractivity contribution is 5.85. The molecule has 2 aromatic carbocycles. The zero-order chi connectivity index (χ0) is 21.5. The Labute approximate surface area is 184 Å². The van der Waals surface area contributed by atoms with Crippen molar-refractivity contribution >= 4 is 18.5 Å². The summed E-state index contributed by atoms with van der Waals surface area (Å²) in [5, 5.41) is 0. The summed E-state index contributed by atoms with van der Waals surface area (Å²) in [6, 6.07) is 5.87. The first kappa shape index (κ1) is 25.0. The van der Waals surface area contributed by atoms with Crippen LogP contribution in [-0.4, -0.2) is 44.4 Å². The molecule has 0 saturated carbocycles. The number of rotatable bonds is 8. The van der Waals surface area contributed by atoms with Gasteiger partial charge >= 0.3 is 0 Å². The number of hydrogen-bond donors (Lipinski definition) is 0. The van der Waals surface area contributed by atoms with E-state index in [1.807, 2.05) is 11.8 Å². The second-order valence-electron chi connectivity index (χ2n) is 6.74. The van der Waals surface area contributed by atoms with Crippen LogP contribution in [0.3, 0.4) is 0 Å². The van der Waals surface area contributed by atoms with Crippen molar-refractivity contribution in [2.24, 2.45) is 0 Å². The second-order valence-corrected chi connectivity index (χ2v) is 6.74. The molecule has 3 rings (SSSR count). The van der Waals surface area contributed by atoms with Gasteiger partial charge in [-0.3, -0.25) is 4.90 Å². The average molecular weight is 462 g/mol. The van der Waals surface area contributed by atoms with Crippen LogP contribution in [-0.2, 0) is 4.74 Å². The maximum Gasteiger partial charge on any atom is 0.205 e. The predicted molar refractivity (Wildman–Crippen MR) is 112 cm³/mol. The lowest BCUT2D eigenvalue weighted by Crippen LogP contribution is -2.36. The maximum absolute atomic E-state index is 14.4. The molecule has 1 heterocycles. The lowest BCUT2D eigenvalue weighted by Gasteiger charge is -2.25. The fraction of sp³-hybridized carbons (Fsp3) is 0.364. The Morgan fingerprint density at radius 1 is 0.935 bits per heavy atom. The summed E-state index contributed by atoms with van der Waals surface area (Å²) in [7, 11) is 0. The molecular formula is C22H24ClF4NO3. The van der Waals surface area contributed by atoms with E-state index in [2.05, 4.69) is 0 Å². The smallest absolute Gasteiger partial charge is 0.205 e. The number of morpholine rings is 1. The molecule has 1 fully saturated rings. The van der Waals surface area contributed by atoms with Crippen LogP contribution in [0.5, 0.6) is 17.2 Å². The van der Waals surface area contributed by atoms with E-state index in [1.165, 1.54) is 30.3 Å². The molecule has 1 aliphatic rings. The molecule has 1 saturated heterocycles. The first-order chi connectivity index (χ1) is 14.5. The monoisotopic (exact) mass is 461 g/mol. The van der Waals surface area contributed by atoms with E-state index in [9.17, 15) is 17.6 Å². The van der Waals surface area contributed by atoms with Crippen molar-refractivity contribution in [2.75, 3.05) is 39.5 Å². The Balaban J connectivity index is 0.00000341. The summed E-state index contributed by atoms with van der Waals surface area (Å²) in [6.45, 7) is 5.33. The summed E-state index contributed by atoms with van der Waals surface area (Å²) in [5.41, 5.74) is -0.783. The third-order valence-corrected chi connectivity index (χ3v) is 4.53. The van der Waals surface area contributed by atoms with Gasteiger partial charge in [0.05, 0.1) is 25.4 Å². The van der Waals surface area contributed by atoms with Crippen LogP contribution >= 0.6 is 12.4 Å². The van der Waals surface area contributed by atoms with Gasteiger partial charge in [-0.1, -0.05) is 19.1 Å². The molecule has 0 bridgehead atoms. The molecule has 1 aliphatic heterocycles. The highest BCUT2D eigenvalue weighted by Crippen LogP contribution is 2.34. The van der Waals surface area contributed by atoms with E-state index in [4.69, 9.17) is 14.2 Å². The largest absolute Gasteiger partial charge is 0.494 e. The van der Waals surface area contributed by atoms with Crippen LogP contribution in [0.25, 0.3) is 6.08 Å². The van der Waals surface area contributed by atoms with E-state index in [0.717, 1.165) is 12.5 Å². The molecule has 2 aromatic rings. The van der Waals surface area contributed by atoms with Crippen LogP contribution < -0.4 is 9.47 Å². The third kappa shape index (κ3) is 6.35. The molecule has 0 aliphatic carbocycles. The molecule has 0 radical (unpaired) electrons. The average Bonchev–Trinajstić information content (AvgIpc) is 2.78. The van der Waals surface area contributed by atoms with E-state index in [-0.39, 0.29) is 18.2 Å². The quantitative estimate of drug-likeness (QED) is 0.379. The lowest BCUT2D eigenvalue weighted by atomic mass is 10.1. The maximum atomic E-state index is 14.4. The number of halogens is 5. The number of hydrogen-bond acceptors (Lipinski definition) is 4. The van der Waals surface area contributed by atoms with Gasteiger partial charge in [0.2, 0.25) is 17.4 Å². The Morgan fingerprint density at radius 3 is 2.10 bits per heavy atom. The van der Waals surface area contributed by atoms with Gasteiger partial charge in [-0.2, -0.15) is 8.78 Å². The molecule has 0 spiro atoms. The van der Waals surface area contributed by atoms with Crippen LogP contribution in [0.1, 0.15) is 18.9 Å². The molecule has 170 valence electrons. The highest BCUT2D eigenvalue weighted by Gasteiger charge is 2.26. The van der Waals surface area contributed by atoms with Gasteiger partial charge in [0.25, 0.3) is 0 Å². The van der Waals surface area contributed by atoms with E-state index in [1.54, 1.807) is 0 Å². The zero-order valence-electron chi connectivity index (χ0n) is 17.0. The van der Waals surface area contributed by atoms with Crippen molar-refractivity contribution in [1.29, 1.82) is 0 Å². The molecule has 0 amide bonds. The van der Waals surface area contributed by atoms with E-state index < -0.39 is 34.6 Å². The minimum Gasteiger partial charge on any atom is -0.494 e. The highest BCUT2D eigenvalue weighted by atomic mass is 35.5. The fourth-order valence-corrected chi connectivity index (χ4v) is 2.91. The third-order valence-electron chi connectivity index (χ3n) is 4.53. The Kier molecular flexibility index (Phi) is 9.61. The van der Waals surface area contributed by atoms with Gasteiger partial charge in [0.1, 0.15) is 11.5 Å². The minimum atomic E-state index is -1.59. The number of benzene rings is 2. The predicted octanol–water partition coefficient (Wildman–Crippen LogP) is 5.59. The molecule has 0 N–H and O–H groups in total. The summed E-state index contributed by atoms with van der Waals surface area (Å²) >= 11 is 0. The molecule has 31 heavy (non-hydrogen) atoms. The minimum absolute atomic E-state index is 0. The van der Waals surface area contributed by atoms with Gasteiger partial charge in [0.15, 0.2) is 11.6 Å². The first-order valence-corrected chi connectivity index (χ1v) is 9.74. The van der Waals surface area contributed by atoms with Gasteiger partial charge < -0.3 is 14.2 Å². The Hall–Kier alpha value is -2.29. The first-order valence-electron chi connectivity index (χ1n) is 9.74. The lowest BCUT2D eigenvalue weighted by molar-refractivity contribution is 0.0435. The zero-order valence-corrected chi connectivity index (χ0v) is 17.8. The number of ether oxygens (including phenoxy) is 3. The van der Waals surface area contributed by atoms with Crippen LogP contribution in [0.15, 0.2) is 30.3 Å². The van der Waals surface area contributed by atoms with Crippen molar-refractivity contribution in [2.45, 2.75) is 13.3 Å². The van der Waals surface area contributed by atoms with E-state index in [0.29, 0.717) is 45.2 Å². The second kappa shape index (κ2) is 11.9. The van der Waals surface area contributed by atoms with Gasteiger partial charge in [-0.05, 0) is 30.7 Å². The Morgan fingerprint density at radius 2 is 1.52 bits per heavy atom. The summed E-state index contributed by atoms with van der Waals surface area (Å²) in [6.07, 6.45) is 3.32. The molecular weight excluding hydrogens is 438 g/mol. The normalized spacial score (nSPS) is 14.5. The van der Waals surface area contributed by atoms with E-state index >= 15 is 0 Å². The van der Waals surface area contributed by atoms with Gasteiger partial charge in [-0.25, -0.2) is 8.78 Å². The van der Waals surface area contributed by atoms with Crippen LogP contribution in [0, 0.1) is 23.3 Å². The molecule has 0 aromatic heterocycles. The molecule has 0 unspecified atom stereocenters. The topological polar surface area (TPSA) is 30.9 Å². The van der Waals surface area contributed by atoms with Gasteiger partial charge in [-0.15, -0.1) is 12.4 Å². The summed E-state index contributed by atoms with van der Waals surface area (Å²) in [4.78, 5) is 1.99. The van der Waals surface area contributed by atoms with Crippen LogP contribution in [0.2, 0.25) is 0 Å². The van der Waals surface area contributed by atoms with Crippen LogP contribution in [0.4, 0.5) is 17.6 Å². The molecule has 0 atom stereocenters. The SMILES string of the molecule is CCCOc1ccc(Oc2c(F)c(F)c(C=CCN3CCOCC3)c(F)c2F)cc1.Cl. The Bertz CT molecular complexity index is 858. The van der Waals surface area contributed by atoms with Gasteiger partial charge in [0, 0.05) is 19.6 Å². The van der Waals surface area contributed by atoms with Crippen molar-refractivity contribution in [1.82, 2.24) is 4.90 Å². The molecule has 4 nitrogen and oxygen atoms in total. The fourth-order valence-electron chi connectivity index (χ4n) is 2.91.